The van der Waals surface area contributed by atoms with Gasteiger partial charge in [-0.25, -0.2) is 4.39 Å². The maximum absolute atomic E-state index is 13.3. The van der Waals surface area contributed by atoms with Crippen molar-refractivity contribution in [2.45, 2.75) is 19.4 Å². The molecule has 0 radical (unpaired) electrons. The van der Waals surface area contributed by atoms with Crippen LogP contribution in [0.2, 0.25) is 0 Å². The Bertz CT molecular complexity index is 575. The number of aromatic nitrogens is 1. The molecule has 19 heavy (non-hydrogen) atoms. The van der Waals surface area contributed by atoms with E-state index in [0.717, 1.165) is 10.0 Å². The molecule has 5 heteroatoms. The second kappa shape index (κ2) is 6.12. The molecule has 2 N–H and O–H groups in total. The van der Waals surface area contributed by atoms with Gasteiger partial charge in [0.1, 0.15) is 17.3 Å². The summed E-state index contributed by atoms with van der Waals surface area (Å²) in [6.45, 7) is 1.87. The van der Waals surface area contributed by atoms with Crippen molar-refractivity contribution in [3.05, 3.63) is 52.5 Å². The first kappa shape index (κ1) is 14.0. The van der Waals surface area contributed by atoms with Crippen LogP contribution in [0.4, 0.5) is 4.39 Å². The van der Waals surface area contributed by atoms with Crippen LogP contribution in [0.15, 0.2) is 41.1 Å². The van der Waals surface area contributed by atoms with E-state index < -0.39 is 0 Å². The van der Waals surface area contributed by atoms with Gasteiger partial charge in [-0.2, -0.15) is 0 Å². The van der Waals surface area contributed by atoms with Gasteiger partial charge in [0.25, 0.3) is 0 Å². The standard InChI is InChI=1S/C14H14BrFN2O/c1-9(17)4-10-5-12(16)2-3-14(10)19-13-6-11(15)7-18-8-13/h2-3,5-9H,4,17H2,1H3. The van der Waals surface area contributed by atoms with Gasteiger partial charge in [-0.05, 0) is 59.1 Å². The molecule has 0 amide bonds. The van der Waals surface area contributed by atoms with Crippen LogP contribution in [0.3, 0.4) is 0 Å². The minimum absolute atomic E-state index is 0.0650. The topological polar surface area (TPSA) is 48.1 Å². The van der Waals surface area contributed by atoms with Gasteiger partial charge in [-0.1, -0.05) is 0 Å². The van der Waals surface area contributed by atoms with E-state index in [0.29, 0.717) is 17.9 Å². The van der Waals surface area contributed by atoms with Crippen molar-refractivity contribution >= 4 is 15.9 Å². The highest BCUT2D eigenvalue weighted by atomic mass is 79.9. The smallest absolute Gasteiger partial charge is 0.146 e. The number of hydrogen-bond donors (Lipinski definition) is 1. The zero-order valence-corrected chi connectivity index (χ0v) is 12.0. The number of nitrogens with zero attached hydrogens (tertiary/aromatic N) is 1. The molecule has 0 saturated heterocycles. The fourth-order valence-electron chi connectivity index (χ4n) is 1.73. The zero-order valence-electron chi connectivity index (χ0n) is 10.4. The van der Waals surface area contributed by atoms with Gasteiger partial charge in [-0.3, -0.25) is 4.98 Å². The molecule has 1 aromatic carbocycles. The maximum atomic E-state index is 13.3. The summed E-state index contributed by atoms with van der Waals surface area (Å²) in [5.41, 5.74) is 6.51. The highest BCUT2D eigenvalue weighted by molar-refractivity contribution is 9.10. The third kappa shape index (κ3) is 4.01. The van der Waals surface area contributed by atoms with Crippen LogP contribution in [-0.4, -0.2) is 11.0 Å². The Labute approximate surface area is 119 Å². The molecule has 2 rings (SSSR count). The third-order valence-electron chi connectivity index (χ3n) is 2.47. The summed E-state index contributed by atoms with van der Waals surface area (Å²) >= 11 is 3.32. The fourth-order valence-corrected chi connectivity index (χ4v) is 2.07. The molecule has 0 bridgehead atoms. The minimum atomic E-state index is -0.296. The van der Waals surface area contributed by atoms with Crippen molar-refractivity contribution in [3.8, 4) is 11.5 Å². The Hall–Kier alpha value is -1.46. The molecule has 1 heterocycles. The minimum Gasteiger partial charge on any atom is -0.455 e. The lowest BCUT2D eigenvalue weighted by atomic mass is 10.1. The summed E-state index contributed by atoms with van der Waals surface area (Å²) < 4.78 is 19.8. The average Bonchev–Trinajstić information content (AvgIpc) is 2.32. The van der Waals surface area contributed by atoms with E-state index in [1.807, 2.05) is 6.92 Å². The van der Waals surface area contributed by atoms with Crippen molar-refractivity contribution in [1.82, 2.24) is 4.98 Å². The van der Waals surface area contributed by atoms with Gasteiger partial charge in [0.2, 0.25) is 0 Å². The molecule has 1 aromatic heterocycles. The Kier molecular flexibility index (Phi) is 4.50. The van der Waals surface area contributed by atoms with Crippen LogP contribution in [0.1, 0.15) is 12.5 Å². The molecular formula is C14H14BrFN2O. The average molecular weight is 325 g/mol. The molecule has 0 fully saturated rings. The summed E-state index contributed by atoms with van der Waals surface area (Å²) in [5, 5.41) is 0. The predicted octanol–water partition coefficient (Wildman–Crippen LogP) is 3.67. The van der Waals surface area contributed by atoms with E-state index in [9.17, 15) is 4.39 Å². The summed E-state index contributed by atoms with van der Waals surface area (Å²) in [4.78, 5) is 4.02. The van der Waals surface area contributed by atoms with Gasteiger partial charge in [0.05, 0.1) is 6.20 Å². The lowest BCUT2D eigenvalue weighted by Crippen LogP contribution is -2.18. The SMILES string of the molecule is CC(N)Cc1cc(F)ccc1Oc1cncc(Br)c1. The van der Waals surface area contributed by atoms with Crippen LogP contribution in [-0.2, 0) is 6.42 Å². The van der Waals surface area contributed by atoms with Crippen LogP contribution >= 0.6 is 15.9 Å². The molecule has 0 aliphatic heterocycles. The van der Waals surface area contributed by atoms with Crippen molar-refractivity contribution in [2.75, 3.05) is 0 Å². The Balaban J connectivity index is 2.28. The predicted molar refractivity (Wildman–Crippen MR) is 75.8 cm³/mol. The lowest BCUT2D eigenvalue weighted by molar-refractivity contribution is 0.468. The first-order valence-electron chi connectivity index (χ1n) is 5.87. The van der Waals surface area contributed by atoms with Crippen molar-refractivity contribution in [1.29, 1.82) is 0 Å². The molecular weight excluding hydrogens is 311 g/mol. The number of hydrogen-bond acceptors (Lipinski definition) is 3. The number of ether oxygens (including phenoxy) is 1. The van der Waals surface area contributed by atoms with Crippen LogP contribution in [0.25, 0.3) is 0 Å². The molecule has 0 aliphatic carbocycles. The van der Waals surface area contributed by atoms with Gasteiger partial charge < -0.3 is 10.5 Å². The van der Waals surface area contributed by atoms with Crippen LogP contribution in [0.5, 0.6) is 11.5 Å². The monoisotopic (exact) mass is 324 g/mol. The van der Waals surface area contributed by atoms with Crippen molar-refractivity contribution < 1.29 is 9.13 Å². The Morgan fingerprint density at radius 2 is 2.16 bits per heavy atom. The molecule has 0 saturated carbocycles. The summed E-state index contributed by atoms with van der Waals surface area (Å²) in [5.74, 6) is 0.890. The molecule has 1 unspecified atom stereocenters. The van der Waals surface area contributed by atoms with E-state index in [-0.39, 0.29) is 11.9 Å². The number of benzene rings is 1. The molecule has 0 spiro atoms. The highest BCUT2D eigenvalue weighted by Crippen LogP contribution is 2.27. The zero-order chi connectivity index (χ0) is 13.8. The number of rotatable bonds is 4. The van der Waals surface area contributed by atoms with Crippen LogP contribution < -0.4 is 10.5 Å². The van der Waals surface area contributed by atoms with Gasteiger partial charge in [0, 0.05) is 16.7 Å². The lowest BCUT2D eigenvalue weighted by Gasteiger charge is -2.13. The van der Waals surface area contributed by atoms with E-state index >= 15 is 0 Å². The van der Waals surface area contributed by atoms with Gasteiger partial charge in [0.15, 0.2) is 0 Å². The van der Waals surface area contributed by atoms with E-state index in [2.05, 4.69) is 20.9 Å². The second-order valence-corrected chi connectivity index (χ2v) is 5.29. The first-order chi connectivity index (χ1) is 9.04. The van der Waals surface area contributed by atoms with Crippen LogP contribution in [0, 0.1) is 5.82 Å². The number of halogens is 2. The molecule has 3 nitrogen and oxygen atoms in total. The van der Waals surface area contributed by atoms with Crippen molar-refractivity contribution in [2.24, 2.45) is 5.73 Å². The molecule has 1 atom stereocenters. The number of nitrogens with two attached hydrogens (primary N) is 1. The second-order valence-electron chi connectivity index (χ2n) is 4.37. The quantitative estimate of drug-likeness (QED) is 0.933. The summed E-state index contributed by atoms with van der Waals surface area (Å²) in [7, 11) is 0. The number of pyridine rings is 1. The van der Waals surface area contributed by atoms with E-state index in [1.165, 1.54) is 12.1 Å². The van der Waals surface area contributed by atoms with E-state index in [1.54, 1.807) is 24.5 Å². The largest absolute Gasteiger partial charge is 0.455 e. The van der Waals surface area contributed by atoms with Gasteiger partial charge >= 0.3 is 0 Å². The first-order valence-corrected chi connectivity index (χ1v) is 6.66. The Morgan fingerprint density at radius 1 is 1.37 bits per heavy atom. The summed E-state index contributed by atoms with van der Waals surface area (Å²) in [6, 6.07) is 6.15. The van der Waals surface area contributed by atoms with Crippen molar-refractivity contribution in [3.63, 3.8) is 0 Å². The maximum Gasteiger partial charge on any atom is 0.146 e. The molecule has 0 aliphatic rings. The molecule has 100 valence electrons. The summed E-state index contributed by atoms with van der Waals surface area (Å²) in [6.07, 6.45) is 3.82. The van der Waals surface area contributed by atoms with Gasteiger partial charge in [-0.15, -0.1) is 0 Å². The molecule has 2 aromatic rings. The highest BCUT2D eigenvalue weighted by Gasteiger charge is 2.09. The Morgan fingerprint density at radius 3 is 2.84 bits per heavy atom. The third-order valence-corrected chi connectivity index (χ3v) is 2.91. The normalized spacial score (nSPS) is 12.2. The van der Waals surface area contributed by atoms with E-state index in [4.69, 9.17) is 10.5 Å². The fraction of sp³-hybridized carbons (Fsp3) is 0.214.